The maximum absolute atomic E-state index is 12.6. The fraction of sp³-hybridized carbons (Fsp3) is 0.235. The average Bonchev–Trinajstić information content (AvgIpc) is 2.59. The topological polar surface area (TPSA) is 90.8 Å². The van der Waals surface area contributed by atoms with E-state index in [9.17, 15) is 13.5 Å². The number of nitrogens with one attached hydrogen (secondary N) is 1. The zero-order valence-corrected chi connectivity index (χ0v) is 16.2. The molecule has 0 aliphatic heterocycles. The Bertz CT molecular complexity index is 882. The molecule has 0 spiro atoms. The van der Waals surface area contributed by atoms with E-state index >= 15 is 0 Å². The second-order valence-electron chi connectivity index (χ2n) is 5.13. The van der Waals surface area contributed by atoms with Gasteiger partial charge in [-0.1, -0.05) is 25.1 Å². The summed E-state index contributed by atoms with van der Waals surface area (Å²) in [5.41, 5.74) is 0.409. The lowest BCUT2D eigenvalue weighted by Crippen LogP contribution is -2.23. The molecular formula is C17H18BrN2O4S-. The molecule has 0 bridgehead atoms. The van der Waals surface area contributed by atoms with E-state index in [1.165, 1.54) is 25.3 Å². The van der Waals surface area contributed by atoms with Crippen molar-refractivity contribution in [2.45, 2.75) is 18.2 Å². The first-order valence-electron chi connectivity index (χ1n) is 7.56. The molecule has 25 heavy (non-hydrogen) atoms. The van der Waals surface area contributed by atoms with Crippen LogP contribution < -0.4 is 14.6 Å². The molecule has 134 valence electrons. The Morgan fingerprint density at radius 3 is 2.64 bits per heavy atom. The minimum Gasteiger partial charge on any atom is -0.858 e. The molecule has 0 saturated heterocycles. The minimum absolute atomic E-state index is 0.0490. The summed E-state index contributed by atoms with van der Waals surface area (Å²) >= 11 is 3.27. The van der Waals surface area contributed by atoms with E-state index in [4.69, 9.17) is 4.74 Å². The predicted molar refractivity (Wildman–Crippen MR) is 99.6 cm³/mol. The Hall–Kier alpha value is -2.06. The molecule has 2 aromatic rings. The van der Waals surface area contributed by atoms with Crippen molar-refractivity contribution in [3.8, 4) is 5.75 Å². The molecule has 8 heteroatoms. The standard InChI is InChI=1S/C17H19BrN2O4S/c1-3-10-19-17(21)13-6-4-5-7-15(13)20-25(22,23)12-8-9-16(24-2)14(18)11-12/h4-9,11,20H,3,10H2,1-2H3,(H,19,21)/p-1. The number of anilines is 1. The molecule has 0 radical (unpaired) electrons. The van der Waals surface area contributed by atoms with Crippen LogP contribution in [0.4, 0.5) is 5.69 Å². The predicted octanol–water partition coefficient (Wildman–Crippen LogP) is 2.78. The van der Waals surface area contributed by atoms with Crippen LogP contribution in [-0.4, -0.2) is 28.0 Å². The normalized spacial score (nSPS) is 12.0. The molecule has 0 unspecified atom stereocenters. The molecule has 1 N–H and O–H groups in total. The monoisotopic (exact) mass is 425 g/mol. The Balaban J connectivity index is 2.37. The van der Waals surface area contributed by atoms with E-state index in [2.05, 4.69) is 25.6 Å². The molecule has 2 aromatic carbocycles. The fourth-order valence-electron chi connectivity index (χ4n) is 2.08. The number of ether oxygens (including phenoxy) is 1. The highest BCUT2D eigenvalue weighted by Gasteiger charge is 2.17. The number of methoxy groups -OCH3 is 1. The largest absolute Gasteiger partial charge is 0.858 e. The van der Waals surface area contributed by atoms with Crippen LogP contribution in [0.5, 0.6) is 5.75 Å². The quantitative estimate of drug-likeness (QED) is 0.545. The van der Waals surface area contributed by atoms with Gasteiger partial charge in [0.1, 0.15) is 5.75 Å². The minimum atomic E-state index is -3.87. The summed E-state index contributed by atoms with van der Waals surface area (Å²) in [6, 6.07) is 10.8. The molecule has 0 aliphatic carbocycles. The van der Waals surface area contributed by atoms with Gasteiger partial charge in [-0.15, -0.1) is 0 Å². The molecule has 0 heterocycles. The van der Waals surface area contributed by atoms with Crippen molar-refractivity contribution in [1.82, 2.24) is 0 Å². The van der Waals surface area contributed by atoms with E-state index in [0.29, 0.717) is 16.8 Å². The van der Waals surface area contributed by atoms with Crippen molar-refractivity contribution >= 4 is 37.5 Å². The maximum atomic E-state index is 12.6. The summed E-state index contributed by atoms with van der Waals surface area (Å²) in [4.78, 5) is 3.96. The Morgan fingerprint density at radius 1 is 1.28 bits per heavy atom. The van der Waals surface area contributed by atoms with E-state index in [1.807, 2.05) is 6.92 Å². The Morgan fingerprint density at radius 2 is 2.00 bits per heavy atom. The van der Waals surface area contributed by atoms with Crippen molar-refractivity contribution in [3.05, 3.63) is 52.5 Å². The molecular weight excluding hydrogens is 408 g/mol. The third-order valence-electron chi connectivity index (χ3n) is 3.31. The highest BCUT2D eigenvalue weighted by atomic mass is 79.9. The van der Waals surface area contributed by atoms with Gasteiger partial charge in [-0.25, -0.2) is 8.42 Å². The van der Waals surface area contributed by atoms with Crippen LogP contribution in [0.1, 0.15) is 18.9 Å². The van der Waals surface area contributed by atoms with Crippen molar-refractivity contribution in [2.75, 3.05) is 18.4 Å². The number of halogens is 1. The number of nitrogens with zero attached hydrogens (tertiary/aromatic N) is 1. The lowest BCUT2D eigenvalue weighted by molar-refractivity contribution is -0.213. The third kappa shape index (κ3) is 4.73. The van der Waals surface area contributed by atoms with E-state index in [-0.39, 0.29) is 16.1 Å². The number of hydrogen-bond acceptors (Lipinski definition) is 5. The molecule has 0 aliphatic rings. The van der Waals surface area contributed by atoms with Crippen LogP contribution in [0.25, 0.3) is 0 Å². The highest BCUT2D eigenvalue weighted by Crippen LogP contribution is 2.28. The second-order valence-corrected chi connectivity index (χ2v) is 7.67. The number of para-hydroxylation sites is 1. The third-order valence-corrected chi connectivity index (χ3v) is 5.30. The number of rotatable bonds is 7. The van der Waals surface area contributed by atoms with Crippen LogP contribution in [0.2, 0.25) is 0 Å². The smallest absolute Gasteiger partial charge is 0.261 e. The highest BCUT2D eigenvalue weighted by molar-refractivity contribution is 9.10. The molecule has 0 saturated carbocycles. The number of hydrogen-bond donors (Lipinski definition) is 1. The molecule has 2 rings (SSSR count). The number of sulfonamides is 1. The first-order valence-corrected chi connectivity index (χ1v) is 9.84. The zero-order valence-electron chi connectivity index (χ0n) is 13.8. The summed E-state index contributed by atoms with van der Waals surface area (Å²) in [5, 5.41) is 12.2. The summed E-state index contributed by atoms with van der Waals surface area (Å²) in [5.74, 6) is 0.0731. The van der Waals surface area contributed by atoms with Gasteiger partial charge >= 0.3 is 0 Å². The average molecular weight is 426 g/mol. The van der Waals surface area contributed by atoms with Crippen LogP contribution in [0, 0.1) is 0 Å². The van der Waals surface area contributed by atoms with Gasteiger partial charge < -0.3 is 14.8 Å². The van der Waals surface area contributed by atoms with Crippen molar-refractivity contribution in [1.29, 1.82) is 0 Å². The van der Waals surface area contributed by atoms with Gasteiger partial charge in [-0.2, -0.15) is 0 Å². The molecule has 6 nitrogen and oxygen atoms in total. The van der Waals surface area contributed by atoms with Crippen LogP contribution >= 0.6 is 15.9 Å². The summed E-state index contributed by atoms with van der Waals surface area (Å²) in [6.45, 7) is 2.30. The first kappa shape index (κ1) is 19.3. The molecule has 0 amide bonds. The van der Waals surface area contributed by atoms with Gasteiger partial charge in [-0.3, -0.25) is 4.72 Å². The maximum Gasteiger partial charge on any atom is 0.261 e. The van der Waals surface area contributed by atoms with Gasteiger partial charge in [0.2, 0.25) is 0 Å². The molecule has 0 fully saturated rings. The van der Waals surface area contributed by atoms with Gasteiger partial charge in [0.15, 0.2) is 0 Å². The van der Waals surface area contributed by atoms with E-state index < -0.39 is 15.9 Å². The summed E-state index contributed by atoms with van der Waals surface area (Å²) < 4.78 is 33.3. The van der Waals surface area contributed by atoms with Gasteiger partial charge in [0.25, 0.3) is 10.0 Å². The number of aliphatic imine (C=N–C) groups is 1. The van der Waals surface area contributed by atoms with Crippen LogP contribution in [0.15, 0.2) is 56.8 Å². The van der Waals surface area contributed by atoms with Gasteiger partial charge in [0.05, 0.1) is 22.2 Å². The molecule has 0 atom stereocenters. The van der Waals surface area contributed by atoms with Crippen molar-refractivity contribution in [2.24, 2.45) is 4.99 Å². The van der Waals surface area contributed by atoms with E-state index in [0.717, 1.165) is 6.42 Å². The van der Waals surface area contributed by atoms with Crippen molar-refractivity contribution < 1.29 is 18.3 Å². The van der Waals surface area contributed by atoms with Crippen LogP contribution in [-0.2, 0) is 10.0 Å². The lowest BCUT2D eigenvalue weighted by atomic mass is 10.2. The van der Waals surface area contributed by atoms with E-state index in [1.54, 1.807) is 24.3 Å². The summed E-state index contributed by atoms with van der Waals surface area (Å²) in [6.07, 6.45) is 0.736. The van der Waals surface area contributed by atoms with Gasteiger partial charge in [0, 0.05) is 12.1 Å². The fourth-order valence-corrected chi connectivity index (χ4v) is 3.87. The SMILES string of the molecule is CCCN=C([O-])c1ccccc1NS(=O)(=O)c1ccc(OC)c(Br)c1. The Kier molecular flexibility index (Phi) is 6.44. The van der Waals surface area contributed by atoms with Crippen molar-refractivity contribution in [3.63, 3.8) is 0 Å². The van der Waals surface area contributed by atoms with Gasteiger partial charge in [-0.05, 0) is 52.5 Å². The van der Waals surface area contributed by atoms with Crippen LogP contribution in [0.3, 0.4) is 0 Å². The molecule has 0 aromatic heterocycles. The number of benzene rings is 2. The zero-order chi connectivity index (χ0) is 18.4. The summed E-state index contributed by atoms with van der Waals surface area (Å²) in [7, 11) is -2.37. The lowest BCUT2D eigenvalue weighted by Gasteiger charge is -2.17. The Labute approximate surface area is 155 Å². The first-order chi connectivity index (χ1) is 11.9. The second kappa shape index (κ2) is 8.35.